The first-order chi connectivity index (χ1) is 11.7. The molecule has 1 aliphatic rings. The molecule has 3 heterocycles. The average molecular weight is 347 g/mol. The van der Waals surface area contributed by atoms with E-state index in [9.17, 15) is 4.79 Å². The van der Waals surface area contributed by atoms with Crippen molar-refractivity contribution in [2.75, 3.05) is 31.2 Å². The minimum atomic E-state index is -0.208. The fraction of sp³-hybridized carbons (Fsp3) is 0.438. The van der Waals surface area contributed by atoms with Gasteiger partial charge in [-0.1, -0.05) is 6.07 Å². The molecule has 0 radical (unpaired) electrons. The molecule has 7 nitrogen and oxygen atoms in total. The van der Waals surface area contributed by atoms with Crippen molar-refractivity contribution in [2.45, 2.75) is 20.0 Å². The molecule has 24 heavy (non-hydrogen) atoms. The largest absolute Gasteiger partial charge is 0.378 e. The van der Waals surface area contributed by atoms with Crippen molar-refractivity contribution >= 4 is 23.2 Å². The van der Waals surface area contributed by atoms with E-state index in [1.807, 2.05) is 24.4 Å². The molecule has 1 aliphatic heterocycles. The molecule has 0 spiro atoms. The fourth-order valence-electron chi connectivity index (χ4n) is 2.39. The molecular formula is C16H21N5O2S. The number of hydrogen-bond donors (Lipinski definition) is 2. The summed E-state index contributed by atoms with van der Waals surface area (Å²) < 4.78 is 5.34. The van der Waals surface area contributed by atoms with Crippen LogP contribution in [-0.2, 0) is 17.8 Å². The highest BCUT2D eigenvalue weighted by molar-refractivity contribution is 7.09. The zero-order chi connectivity index (χ0) is 16.8. The topological polar surface area (TPSA) is 79.4 Å². The van der Waals surface area contributed by atoms with Crippen LogP contribution in [0.25, 0.3) is 0 Å². The molecule has 0 saturated carbocycles. The van der Waals surface area contributed by atoms with Crippen molar-refractivity contribution in [1.82, 2.24) is 20.6 Å². The van der Waals surface area contributed by atoms with E-state index in [2.05, 4.69) is 25.5 Å². The minimum absolute atomic E-state index is 0.208. The third-order valence-electron chi connectivity index (χ3n) is 3.66. The number of thiazole rings is 1. The number of carbonyl (C=O) groups is 1. The number of nitrogens with one attached hydrogen (secondary N) is 2. The number of pyridine rings is 1. The van der Waals surface area contributed by atoms with Gasteiger partial charge in [-0.25, -0.2) is 14.8 Å². The number of ether oxygens (including phenoxy) is 1. The number of carbonyl (C=O) groups excluding carboxylic acids is 1. The summed E-state index contributed by atoms with van der Waals surface area (Å²) in [5.41, 5.74) is 1.94. The Hall–Kier alpha value is -2.19. The van der Waals surface area contributed by atoms with E-state index >= 15 is 0 Å². The lowest BCUT2D eigenvalue weighted by Crippen LogP contribution is -2.36. The summed E-state index contributed by atoms with van der Waals surface area (Å²) in [5, 5.41) is 8.50. The monoisotopic (exact) mass is 347 g/mol. The van der Waals surface area contributed by atoms with Crippen LogP contribution in [0, 0.1) is 6.92 Å². The molecule has 1 saturated heterocycles. The lowest BCUT2D eigenvalue weighted by Gasteiger charge is -2.27. The number of nitrogens with zero attached hydrogens (tertiary/aromatic N) is 3. The van der Waals surface area contributed by atoms with Crippen LogP contribution in [0.15, 0.2) is 23.7 Å². The highest BCUT2D eigenvalue weighted by atomic mass is 32.1. The SMILES string of the molecule is Cc1csc(CNC(=O)NCc2ccc(N3CCOCC3)nc2)n1. The second kappa shape index (κ2) is 8.07. The zero-order valence-electron chi connectivity index (χ0n) is 13.6. The first-order valence-corrected chi connectivity index (χ1v) is 8.79. The lowest BCUT2D eigenvalue weighted by atomic mass is 10.2. The van der Waals surface area contributed by atoms with E-state index in [-0.39, 0.29) is 6.03 Å². The third-order valence-corrected chi connectivity index (χ3v) is 4.63. The lowest BCUT2D eigenvalue weighted by molar-refractivity contribution is 0.122. The number of rotatable bonds is 5. The van der Waals surface area contributed by atoms with Crippen LogP contribution in [0.5, 0.6) is 0 Å². The summed E-state index contributed by atoms with van der Waals surface area (Å²) in [7, 11) is 0. The van der Waals surface area contributed by atoms with Crippen molar-refractivity contribution in [1.29, 1.82) is 0 Å². The van der Waals surface area contributed by atoms with Gasteiger partial charge in [-0.2, -0.15) is 0 Å². The predicted molar refractivity (Wildman–Crippen MR) is 93.2 cm³/mol. The Bertz CT molecular complexity index is 667. The Morgan fingerprint density at radius 3 is 2.75 bits per heavy atom. The quantitative estimate of drug-likeness (QED) is 0.860. The summed E-state index contributed by atoms with van der Waals surface area (Å²) in [5.74, 6) is 0.950. The molecule has 0 aliphatic carbocycles. The van der Waals surface area contributed by atoms with Crippen molar-refractivity contribution < 1.29 is 9.53 Å². The molecule has 0 bridgehead atoms. The number of urea groups is 1. The Kier molecular flexibility index (Phi) is 5.60. The molecule has 2 aromatic heterocycles. The minimum Gasteiger partial charge on any atom is -0.378 e. The molecule has 8 heteroatoms. The fourth-order valence-corrected chi connectivity index (χ4v) is 3.10. The normalized spacial score (nSPS) is 14.5. The maximum absolute atomic E-state index is 11.8. The second-order valence-electron chi connectivity index (χ2n) is 5.54. The smallest absolute Gasteiger partial charge is 0.315 e. The van der Waals surface area contributed by atoms with Gasteiger partial charge in [0.1, 0.15) is 10.8 Å². The van der Waals surface area contributed by atoms with E-state index in [0.29, 0.717) is 13.1 Å². The van der Waals surface area contributed by atoms with Gasteiger partial charge in [0.15, 0.2) is 0 Å². The molecule has 2 aromatic rings. The Balaban J connectivity index is 1.43. The van der Waals surface area contributed by atoms with E-state index in [0.717, 1.165) is 48.4 Å². The van der Waals surface area contributed by atoms with E-state index in [4.69, 9.17) is 4.74 Å². The number of amides is 2. The maximum Gasteiger partial charge on any atom is 0.315 e. The molecule has 0 atom stereocenters. The summed E-state index contributed by atoms with van der Waals surface area (Å²) >= 11 is 1.54. The average Bonchev–Trinajstić information content (AvgIpc) is 3.05. The Morgan fingerprint density at radius 2 is 2.08 bits per heavy atom. The first kappa shape index (κ1) is 16.7. The first-order valence-electron chi connectivity index (χ1n) is 7.91. The van der Waals surface area contributed by atoms with Crippen LogP contribution in [-0.4, -0.2) is 42.3 Å². The standard InChI is InChI=1S/C16H21N5O2S/c1-12-11-24-15(20-12)10-19-16(22)18-9-13-2-3-14(17-8-13)21-4-6-23-7-5-21/h2-3,8,11H,4-7,9-10H2,1H3,(H2,18,19,22). The van der Waals surface area contributed by atoms with E-state index in [1.54, 1.807) is 17.5 Å². The molecule has 1 fully saturated rings. The van der Waals surface area contributed by atoms with Crippen molar-refractivity contribution in [3.8, 4) is 0 Å². The Morgan fingerprint density at radius 1 is 1.29 bits per heavy atom. The molecule has 2 N–H and O–H groups in total. The molecule has 0 unspecified atom stereocenters. The summed E-state index contributed by atoms with van der Waals surface area (Å²) in [6.07, 6.45) is 1.80. The van der Waals surface area contributed by atoms with Crippen molar-refractivity contribution in [3.63, 3.8) is 0 Å². The summed E-state index contributed by atoms with van der Waals surface area (Å²) in [6.45, 7) is 6.03. The van der Waals surface area contributed by atoms with Gasteiger partial charge in [-0.3, -0.25) is 0 Å². The number of morpholine rings is 1. The number of aromatic nitrogens is 2. The molecule has 128 valence electrons. The molecule has 3 rings (SSSR count). The highest BCUT2D eigenvalue weighted by Crippen LogP contribution is 2.13. The van der Waals surface area contributed by atoms with Crippen LogP contribution in [0.2, 0.25) is 0 Å². The van der Waals surface area contributed by atoms with Gasteiger partial charge in [0.2, 0.25) is 0 Å². The van der Waals surface area contributed by atoms with Gasteiger partial charge in [-0.15, -0.1) is 11.3 Å². The van der Waals surface area contributed by atoms with Gasteiger partial charge in [-0.05, 0) is 18.6 Å². The summed E-state index contributed by atoms with van der Waals surface area (Å²) in [6, 6.07) is 3.76. The van der Waals surface area contributed by atoms with E-state index in [1.165, 1.54) is 0 Å². The predicted octanol–water partition coefficient (Wildman–Crippen LogP) is 1.68. The van der Waals surface area contributed by atoms with Gasteiger partial charge in [0, 0.05) is 36.9 Å². The number of aryl methyl sites for hydroxylation is 1. The zero-order valence-corrected chi connectivity index (χ0v) is 14.4. The molecular weight excluding hydrogens is 326 g/mol. The van der Waals surface area contributed by atoms with Crippen molar-refractivity contribution in [2.24, 2.45) is 0 Å². The van der Waals surface area contributed by atoms with Crippen LogP contribution < -0.4 is 15.5 Å². The van der Waals surface area contributed by atoms with Crippen LogP contribution in [0.1, 0.15) is 16.3 Å². The van der Waals surface area contributed by atoms with Crippen molar-refractivity contribution in [3.05, 3.63) is 40.0 Å². The number of hydrogen-bond acceptors (Lipinski definition) is 6. The summed E-state index contributed by atoms with van der Waals surface area (Å²) in [4.78, 5) is 22.8. The van der Waals surface area contributed by atoms with Gasteiger partial charge < -0.3 is 20.3 Å². The maximum atomic E-state index is 11.8. The van der Waals surface area contributed by atoms with Crippen LogP contribution >= 0.6 is 11.3 Å². The van der Waals surface area contributed by atoms with Gasteiger partial charge >= 0.3 is 6.03 Å². The molecule has 0 aromatic carbocycles. The van der Waals surface area contributed by atoms with Gasteiger partial charge in [0.25, 0.3) is 0 Å². The van der Waals surface area contributed by atoms with E-state index < -0.39 is 0 Å². The van der Waals surface area contributed by atoms with Gasteiger partial charge in [0.05, 0.1) is 19.8 Å². The second-order valence-corrected chi connectivity index (χ2v) is 6.49. The number of anilines is 1. The van der Waals surface area contributed by atoms with Crippen LogP contribution in [0.3, 0.4) is 0 Å². The highest BCUT2D eigenvalue weighted by Gasteiger charge is 2.12. The Labute approximate surface area is 145 Å². The van der Waals surface area contributed by atoms with Crippen LogP contribution in [0.4, 0.5) is 10.6 Å². The molecule has 2 amide bonds. The third kappa shape index (κ3) is 4.65.